The van der Waals surface area contributed by atoms with Gasteiger partial charge in [-0.1, -0.05) is 6.92 Å². The average molecular weight is 285 g/mol. The fourth-order valence-electron chi connectivity index (χ4n) is 2.39. The predicted octanol–water partition coefficient (Wildman–Crippen LogP) is 1.60. The molecule has 3 aromatic rings. The van der Waals surface area contributed by atoms with Gasteiger partial charge in [-0.2, -0.15) is 5.10 Å². The second-order valence-corrected chi connectivity index (χ2v) is 4.85. The number of nitrogens with one attached hydrogen (secondary N) is 1. The van der Waals surface area contributed by atoms with Crippen LogP contribution < -0.4 is 5.32 Å². The molecule has 0 radical (unpaired) electrons. The zero-order chi connectivity index (χ0) is 14.8. The number of hydrogen-bond donors (Lipinski definition) is 1. The van der Waals surface area contributed by atoms with Crippen molar-refractivity contribution in [3.8, 4) is 0 Å². The van der Waals surface area contributed by atoms with Crippen LogP contribution in [0.3, 0.4) is 0 Å². The van der Waals surface area contributed by atoms with Crippen molar-refractivity contribution in [1.29, 1.82) is 0 Å². The van der Waals surface area contributed by atoms with Crippen molar-refractivity contribution in [3.05, 3.63) is 30.2 Å². The monoisotopic (exact) mass is 285 g/mol. The molecule has 110 valence electrons. The maximum atomic E-state index is 4.63. The van der Waals surface area contributed by atoms with Crippen molar-refractivity contribution in [3.63, 3.8) is 0 Å². The number of hydrogen-bond acceptors (Lipinski definition) is 5. The molecule has 0 aliphatic rings. The second kappa shape index (κ2) is 5.51. The lowest BCUT2D eigenvalue weighted by molar-refractivity contribution is 0.695. The molecule has 21 heavy (non-hydrogen) atoms. The van der Waals surface area contributed by atoms with Crippen molar-refractivity contribution >= 4 is 16.9 Å². The molecule has 0 spiro atoms. The number of fused-ring (bicyclic) bond motifs is 1. The molecular weight excluding hydrogens is 266 g/mol. The minimum atomic E-state index is 0.614. The van der Waals surface area contributed by atoms with Crippen LogP contribution in [0.15, 0.2) is 18.6 Å². The fourth-order valence-corrected chi connectivity index (χ4v) is 2.39. The van der Waals surface area contributed by atoms with E-state index in [1.54, 1.807) is 10.9 Å². The molecule has 0 aliphatic carbocycles. The van der Waals surface area contributed by atoms with Gasteiger partial charge in [-0.15, -0.1) is 0 Å². The van der Waals surface area contributed by atoms with E-state index in [9.17, 15) is 0 Å². The van der Waals surface area contributed by atoms with Crippen LogP contribution in [0.1, 0.15) is 25.5 Å². The first-order valence-electron chi connectivity index (χ1n) is 7.15. The van der Waals surface area contributed by atoms with Gasteiger partial charge in [-0.3, -0.25) is 4.68 Å². The Morgan fingerprint density at radius 3 is 2.86 bits per heavy atom. The van der Waals surface area contributed by atoms with E-state index in [1.807, 2.05) is 19.4 Å². The first kappa shape index (κ1) is 13.5. The van der Waals surface area contributed by atoms with Gasteiger partial charge in [-0.05, 0) is 6.92 Å². The predicted molar refractivity (Wildman–Crippen MR) is 81.2 cm³/mol. The van der Waals surface area contributed by atoms with Gasteiger partial charge in [0.05, 0.1) is 18.1 Å². The molecule has 7 heteroatoms. The molecule has 0 aliphatic heterocycles. The molecule has 0 saturated carbocycles. The quantitative estimate of drug-likeness (QED) is 0.771. The summed E-state index contributed by atoms with van der Waals surface area (Å²) in [5, 5.41) is 8.50. The summed E-state index contributed by atoms with van der Waals surface area (Å²) in [5.41, 5.74) is 0.842. The summed E-state index contributed by atoms with van der Waals surface area (Å²) < 4.78 is 3.85. The van der Waals surface area contributed by atoms with Crippen LogP contribution in [0.4, 0.5) is 5.82 Å². The van der Waals surface area contributed by atoms with E-state index < -0.39 is 0 Å². The van der Waals surface area contributed by atoms with E-state index in [0.717, 1.165) is 41.5 Å². The molecule has 0 saturated heterocycles. The van der Waals surface area contributed by atoms with Gasteiger partial charge in [0, 0.05) is 32.4 Å². The minimum Gasteiger partial charge on any atom is -0.370 e. The highest BCUT2D eigenvalue weighted by Crippen LogP contribution is 2.19. The number of rotatable bonds is 5. The van der Waals surface area contributed by atoms with Gasteiger partial charge in [-0.25, -0.2) is 15.0 Å². The van der Waals surface area contributed by atoms with Gasteiger partial charge in [0.2, 0.25) is 0 Å². The summed E-state index contributed by atoms with van der Waals surface area (Å²) in [5.74, 6) is 2.63. The largest absolute Gasteiger partial charge is 0.370 e. The second-order valence-electron chi connectivity index (χ2n) is 4.85. The Balaban J connectivity index is 2.04. The smallest absolute Gasteiger partial charge is 0.163 e. The summed E-state index contributed by atoms with van der Waals surface area (Å²) in [7, 11) is 1.89. The molecule has 0 bridgehead atoms. The van der Waals surface area contributed by atoms with Gasteiger partial charge >= 0.3 is 0 Å². The molecule has 0 unspecified atom stereocenters. The lowest BCUT2D eigenvalue weighted by Gasteiger charge is -2.09. The van der Waals surface area contributed by atoms with Crippen LogP contribution in [0.2, 0.25) is 0 Å². The molecule has 0 aromatic carbocycles. The Morgan fingerprint density at radius 1 is 1.24 bits per heavy atom. The zero-order valence-corrected chi connectivity index (χ0v) is 12.5. The molecule has 3 aromatic heterocycles. The van der Waals surface area contributed by atoms with E-state index in [1.165, 1.54) is 0 Å². The summed E-state index contributed by atoms with van der Waals surface area (Å²) in [6.07, 6.45) is 6.46. The fraction of sp³-hybridized carbons (Fsp3) is 0.429. The van der Waals surface area contributed by atoms with Crippen LogP contribution in [-0.2, 0) is 20.0 Å². The standard InChI is InChI=1S/C14H19N7/c1-4-12-16-6-7-21(12)9-11-18-13(15-5-2)10-8-17-20(3)14(10)19-11/h6-8H,4-5,9H2,1-3H3,(H,15,18,19). The van der Waals surface area contributed by atoms with Crippen LogP contribution in [0, 0.1) is 0 Å². The van der Waals surface area contributed by atoms with Crippen molar-refractivity contribution in [2.75, 3.05) is 11.9 Å². The Bertz CT molecular complexity index is 756. The molecule has 1 N–H and O–H groups in total. The van der Waals surface area contributed by atoms with Crippen molar-refractivity contribution in [1.82, 2.24) is 29.3 Å². The van der Waals surface area contributed by atoms with E-state index >= 15 is 0 Å². The van der Waals surface area contributed by atoms with Crippen LogP contribution in [0.25, 0.3) is 11.0 Å². The maximum Gasteiger partial charge on any atom is 0.163 e. The Morgan fingerprint density at radius 2 is 2.10 bits per heavy atom. The first-order valence-corrected chi connectivity index (χ1v) is 7.15. The summed E-state index contributed by atoms with van der Waals surface area (Å²) in [4.78, 5) is 13.6. The molecule has 7 nitrogen and oxygen atoms in total. The normalized spacial score (nSPS) is 11.2. The van der Waals surface area contributed by atoms with E-state index in [-0.39, 0.29) is 0 Å². The highest BCUT2D eigenvalue weighted by Gasteiger charge is 2.12. The highest BCUT2D eigenvalue weighted by molar-refractivity contribution is 5.86. The molecule has 0 fully saturated rings. The number of imidazole rings is 1. The van der Waals surface area contributed by atoms with Crippen molar-refractivity contribution in [2.24, 2.45) is 7.05 Å². The molecule has 0 amide bonds. The molecule has 3 rings (SSSR count). The van der Waals surface area contributed by atoms with Gasteiger partial charge < -0.3 is 9.88 Å². The maximum absolute atomic E-state index is 4.63. The van der Waals surface area contributed by atoms with E-state index in [4.69, 9.17) is 0 Å². The molecule has 3 heterocycles. The van der Waals surface area contributed by atoms with Gasteiger partial charge in [0.25, 0.3) is 0 Å². The minimum absolute atomic E-state index is 0.614. The first-order chi connectivity index (χ1) is 10.2. The SMILES string of the molecule is CCNc1nc(Cn2ccnc2CC)nc2c1cnn2C. The zero-order valence-electron chi connectivity index (χ0n) is 12.5. The Labute approximate surface area is 123 Å². The summed E-state index contributed by atoms with van der Waals surface area (Å²) in [6, 6.07) is 0. The van der Waals surface area contributed by atoms with E-state index in [0.29, 0.717) is 6.54 Å². The van der Waals surface area contributed by atoms with E-state index in [2.05, 4.69) is 43.8 Å². The van der Waals surface area contributed by atoms with Crippen LogP contribution >= 0.6 is 0 Å². The van der Waals surface area contributed by atoms with Crippen LogP contribution in [-0.4, -0.2) is 35.8 Å². The lowest BCUT2D eigenvalue weighted by atomic mass is 10.3. The molecular formula is C14H19N7. The third kappa shape index (κ3) is 2.46. The Hall–Kier alpha value is -2.44. The third-order valence-electron chi connectivity index (χ3n) is 3.41. The Kier molecular flexibility index (Phi) is 3.55. The number of aromatic nitrogens is 6. The number of nitrogens with zero attached hydrogens (tertiary/aromatic N) is 6. The van der Waals surface area contributed by atoms with Gasteiger partial charge in [0.1, 0.15) is 11.6 Å². The summed E-state index contributed by atoms with van der Waals surface area (Å²) in [6.45, 7) is 5.57. The number of anilines is 1. The van der Waals surface area contributed by atoms with Crippen molar-refractivity contribution < 1.29 is 0 Å². The number of aryl methyl sites for hydroxylation is 2. The molecule has 0 atom stereocenters. The van der Waals surface area contributed by atoms with Crippen LogP contribution in [0.5, 0.6) is 0 Å². The average Bonchev–Trinajstić information content (AvgIpc) is 3.07. The highest BCUT2D eigenvalue weighted by atomic mass is 15.3. The lowest BCUT2D eigenvalue weighted by Crippen LogP contribution is -2.10. The van der Waals surface area contributed by atoms with Crippen molar-refractivity contribution in [2.45, 2.75) is 26.8 Å². The summed E-state index contributed by atoms with van der Waals surface area (Å²) >= 11 is 0. The topological polar surface area (TPSA) is 73.5 Å². The van der Waals surface area contributed by atoms with Gasteiger partial charge in [0.15, 0.2) is 11.5 Å². The third-order valence-corrected chi connectivity index (χ3v) is 3.41.